The number of rotatable bonds is 4. The van der Waals surface area contributed by atoms with Crippen LogP contribution in [0, 0.1) is 11.7 Å². The first-order valence-electron chi connectivity index (χ1n) is 4.87. The molecular formula is C12H13FO3. The van der Waals surface area contributed by atoms with Crippen LogP contribution in [-0.4, -0.2) is 18.9 Å². The molecule has 0 saturated heterocycles. The zero-order chi connectivity index (χ0) is 12.1. The number of esters is 1. The lowest BCUT2D eigenvalue weighted by Gasteiger charge is -2.11. The predicted octanol–water partition coefficient (Wildman–Crippen LogP) is 1.75. The van der Waals surface area contributed by atoms with Crippen LogP contribution < -0.4 is 0 Å². The Hall–Kier alpha value is -1.71. The molecule has 4 heteroatoms. The largest absolute Gasteiger partial charge is 0.468 e. The van der Waals surface area contributed by atoms with E-state index in [2.05, 4.69) is 4.74 Å². The number of halogens is 1. The van der Waals surface area contributed by atoms with Crippen LogP contribution in [0.15, 0.2) is 24.3 Å². The molecule has 1 aromatic carbocycles. The molecule has 0 amide bonds. The molecule has 0 N–H and O–H groups in total. The van der Waals surface area contributed by atoms with Crippen LogP contribution in [0.1, 0.15) is 12.5 Å². The fourth-order valence-corrected chi connectivity index (χ4v) is 1.43. The summed E-state index contributed by atoms with van der Waals surface area (Å²) in [6.45, 7) is 1.32. The average Bonchev–Trinajstić information content (AvgIpc) is 2.24. The number of hydrogen-bond donors (Lipinski definition) is 0. The van der Waals surface area contributed by atoms with Crippen molar-refractivity contribution in [2.75, 3.05) is 7.11 Å². The minimum absolute atomic E-state index is 0.166. The van der Waals surface area contributed by atoms with Crippen LogP contribution in [-0.2, 0) is 20.7 Å². The van der Waals surface area contributed by atoms with Gasteiger partial charge in [-0.1, -0.05) is 12.1 Å². The normalized spacial score (nSPS) is 11.9. The molecule has 0 aliphatic heterocycles. The first kappa shape index (κ1) is 12.4. The molecule has 1 rings (SSSR count). The minimum Gasteiger partial charge on any atom is -0.468 e. The van der Waals surface area contributed by atoms with E-state index in [0.717, 1.165) is 0 Å². The number of hydrogen-bond acceptors (Lipinski definition) is 3. The predicted molar refractivity (Wildman–Crippen MR) is 56.3 cm³/mol. The highest BCUT2D eigenvalue weighted by Gasteiger charge is 2.24. The Kier molecular flexibility index (Phi) is 4.17. The number of ketones is 1. The molecule has 0 saturated carbocycles. The van der Waals surface area contributed by atoms with Crippen molar-refractivity contribution in [3.05, 3.63) is 35.6 Å². The Morgan fingerprint density at radius 1 is 1.44 bits per heavy atom. The minimum atomic E-state index is -0.855. The Morgan fingerprint density at radius 2 is 2.12 bits per heavy atom. The second-order valence-electron chi connectivity index (χ2n) is 3.52. The van der Waals surface area contributed by atoms with Crippen molar-refractivity contribution >= 4 is 11.8 Å². The van der Waals surface area contributed by atoms with E-state index in [-0.39, 0.29) is 18.0 Å². The molecule has 1 atom stereocenters. The van der Waals surface area contributed by atoms with Crippen LogP contribution >= 0.6 is 0 Å². The van der Waals surface area contributed by atoms with Crippen molar-refractivity contribution in [1.29, 1.82) is 0 Å². The molecular weight excluding hydrogens is 211 g/mol. The number of carbonyl (C=O) groups excluding carboxylic acids is 2. The topological polar surface area (TPSA) is 43.4 Å². The second-order valence-corrected chi connectivity index (χ2v) is 3.52. The van der Waals surface area contributed by atoms with E-state index in [1.165, 1.54) is 26.2 Å². The van der Waals surface area contributed by atoms with Gasteiger partial charge in [0.1, 0.15) is 17.5 Å². The van der Waals surface area contributed by atoms with Gasteiger partial charge in [0, 0.05) is 0 Å². The molecule has 0 bridgehead atoms. The van der Waals surface area contributed by atoms with E-state index in [1.807, 2.05) is 0 Å². The first-order valence-corrected chi connectivity index (χ1v) is 4.87. The van der Waals surface area contributed by atoms with E-state index in [1.54, 1.807) is 12.1 Å². The standard InChI is InChI=1S/C12H13FO3/c1-8(14)11(12(15)16-2)7-9-4-3-5-10(13)6-9/h3-6,11H,7H2,1-2H3. The molecule has 0 fully saturated rings. The fourth-order valence-electron chi connectivity index (χ4n) is 1.43. The quantitative estimate of drug-likeness (QED) is 0.578. The van der Waals surface area contributed by atoms with Crippen molar-refractivity contribution in [3.63, 3.8) is 0 Å². The zero-order valence-electron chi connectivity index (χ0n) is 9.20. The van der Waals surface area contributed by atoms with E-state index in [9.17, 15) is 14.0 Å². The summed E-state index contributed by atoms with van der Waals surface area (Å²) < 4.78 is 17.4. The van der Waals surface area contributed by atoms with Crippen LogP contribution in [0.5, 0.6) is 0 Å². The third-order valence-corrected chi connectivity index (χ3v) is 2.31. The van der Waals surface area contributed by atoms with Crippen molar-refractivity contribution in [1.82, 2.24) is 0 Å². The highest BCUT2D eigenvalue weighted by atomic mass is 19.1. The highest BCUT2D eigenvalue weighted by molar-refractivity contribution is 5.97. The van der Waals surface area contributed by atoms with Crippen LogP contribution in [0.2, 0.25) is 0 Å². The van der Waals surface area contributed by atoms with Crippen molar-refractivity contribution in [2.24, 2.45) is 5.92 Å². The Labute approximate surface area is 93.2 Å². The average molecular weight is 224 g/mol. The van der Waals surface area contributed by atoms with E-state index in [4.69, 9.17) is 0 Å². The Bertz CT molecular complexity index is 401. The molecule has 1 unspecified atom stereocenters. The van der Waals surface area contributed by atoms with Crippen molar-refractivity contribution in [3.8, 4) is 0 Å². The van der Waals surface area contributed by atoms with Crippen LogP contribution in [0.25, 0.3) is 0 Å². The molecule has 16 heavy (non-hydrogen) atoms. The third-order valence-electron chi connectivity index (χ3n) is 2.31. The third kappa shape index (κ3) is 3.15. The first-order chi connectivity index (χ1) is 7.54. The van der Waals surface area contributed by atoms with Gasteiger partial charge in [0.05, 0.1) is 7.11 Å². The molecule has 0 aromatic heterocycles. The van der Waals surface area contributed by atoms with Gasteiger partial charge in [-0.15, -0.1) is 0 Å². The molecule has 0 spiro atoms. The lowest BCUT2D eigenvalue weighted by Crippen LogP contribution is -2.25. The van der Waals surface area contributed by atoms with Crippen LogP contribution in [0.4, 0.5) is 4.39 Å². The SMILES string of the molecule is COC(=O)C(Cc1cccc(F)c1)C(C)=O. The van der Waals surface area contributed by atoms with E-state index >= 15 is 0 Å². The summed E-state index contributed by atoms with van der Waals surface area (Å²) in [5.74, 6) is -2.11. The molecule has 0 aliphatic rings. The van der Waals surface area contributed by atoms with Gasteiger partial charge in [-0.2, -0.15) is 0 Å². The smallest absolute Gasteiger partial charge is 0.316 e. The summed E-state index contributed by atoms with van der Waals surface area (Å²) in [6.07, 6.45) is 0.166. The number of Topliss-reactive ketones (excluding diaryl/α,β-unsaturated/α-hetero) is 1. The monoisotopic (exact) mass is 224 g/mol. The van der Waals surface area contributed by atoms with Gasteiger partial charge in [-0.05, 0) is 31.0 Å². The summed E-state index contributed by atoms with van der Waals surface area (Å²) in [5.41, 5.74) is 0.602. The maximum atomic E-state index is 12.9. The molecule has 0 radical (unpaired) electrons. The summed E-state index contributed by atoms with van der Waals surface area (Å²) in [7, 11) is 1.23. The van der Waals surface area contributed by atoms with Crippen molar-refractivity contribution in [2.45, 2.75) is 13.3 Å². The summed E-state index contributed by atoms with van der Waals surface area (Å²) in [6, 6.07) is 5.82. The fraction of sp³-hybridized carbons (Fsp3) is 0.333. The zero-order valence-corrected chi connectivity index (χ0v) is 9.20. The number of methoxy groups -OCH3 is 1. The van der Waals surface area contributed by atoms with Gasteiger partial charge in [0.2, 0.25) is 0 Å². The van der Waals surface area contributed by atoms with Crippen LogP contribution in [0.3, 0.4) is 0 Å². The van der Waals surface area contributed by atoms with Gasteiger partial charge in [0.15, 0.2) is 0 Å². The Morgan fingerprint density at radius 3 is 2.62 bits per heavy atom. The van der Waals surface area contributed by atoms with Gasteiger partial charge in [0.25, 0.3) is 0 Å². The summed E-state index contributed by atoms with van der Waals surface area (Å²) in [5, 5.41) is 0. The van der Waals surface area contributed by atoms with Gasteiger partial charge < -0.3 is 4.74 Å². The number of benzene rings is 1. The van der Waals surface area contributed by atoms with E-state index in [0.29, 0.717) is 5.56 Å². The number of carbonyl (C=O) groups is 2. The van der Waals surface area contributed by atoms with Crippen molar-refractivity contribution < 1.29 is 18.7 Å². The molecule has 0 heterocycles. The second kappa shape index (κ2) is 5.39. The number of ether oxygens (including phenoxy) is 1. The summed E-state index contributed by atoms with van der Waals surface area (Å²) in [4.78, 5) is 22.5. The Balaban J connectivity index is 2.84. The molecule has 86 valence electrons. The molecule has 1 aromatic rings. The molecule has 3 nitrogen and oxygen atoms in total. The summed E-state index contributed by atoms with van der Waals surface area (Å²) >= 11 is 0. The maximum Gasteiger partial charge on any atom is 0.316 e. The van der Waals surface area contributed by atoms with Gasteiger partial charge in [-0.25, -0.2) is 4.39 Å². The van der Waals surface area contributed by atoms with Gasteiger partial charge >= 0.3 is 5.97 Å². The lowest BCUT2D eigenvalue weighted by atomic mass is 9.96. The maximum absolute atomic E-state index is 12.9. The van der Waals surface area contributed by atoms with E-state index < -0.39 is 11.9 Å². The lowest BCUT2D eigenvalue weighted by molar-refractivity contribution is -0.148. The molecule has 0 aliphatic carbocycles. The van der Waals surface area contributed by atoms with Gasteiger partial charge in [-0.3, -0.25) is 9.59 Å². The highest BCUT2D eigenvalue weighted by Crippen LogP contribution is 2.12.